The van der Waals surface area contributed by atoms with Gasteiger partial charge in [0.1, 0.15) is 18.5 Å². The average molecular weight is 413 g/mol. The zero-order valence-electron chi connectivity index (χ0n) is 16.2. The van der Waals surface area contributed by atoms with Crippen LogP contribution >= 0.6 is 0 Å². The van der Waals surface area contributed by atoms with Crippen LogP contribution in [-0.4, -0.2) is 53.2 Å². The third-order valence-corrected chi connectivity index (χ3v) is 3.84. The number of ether oxygens (including phenoxy) is 1. The van der Waals surface area contributed by atoms with Crippen molar-refractivity contribution in [2.75, 3.05) is 26.2 Å². The van der Waals surface area contributed by atoms with Gasteiger partial charge in [0.2, 0.25) is 0 Å². The van der Waals surface area contributed by atoms with Crippen molar-refractivity contribution >= 4 is 5.96 Å². The second-order valence-electron chi connectivity index (χ2n) is 6.26. The van der Waals surface area contributed by atoms with Gasteiger partial charge in [-0.2, -0.15) is 18.3 Å². The van der Waals surface area contributed by atoms with Gasteiger partial charge in [-0.25, -0.2) is 0 Å². The number of guanidine groups is 1. The first kappa shape index (κ1) is 22.5. The van der Waals surface area contributed by atoms with Crippen LogP contribution in [0.3, 0.4) is 0 Å². The number of halogens is 3. The molecule has 1 heterocycles. The monoisotopic (exact) mass is 413 g/mol. The van der Waals surface area contributed by atoms with Crippen LogP contribution in [0, 0.1) is 0 Å². The van der Waals surface area contributed by atoms with Crippen LogP contribution in [0.5, 0.6) is 5.75 Å². The van der Waals surface area contributed by atoms with E-state index in [2.05, 4.69) is 20.7 Å². The summed E-state index contributed by atoms with van der Waals surface area (Å²) in [6.45, 7) is 4.09. The van der Waals surface area contributed by atoms with E-state index < -0.39 is 17.8 Å². The molecule has 7 nitrogen and oxygen atoms in total. The summed E-state index contributed by atoms with van der Waals surface area (Å²) >= 11 is 0. The van der Waals surface area contributed by atoms with Crippen molar-refractivity contribution in [1.29, 1.82) is 0 Å². The maximum absolute atomic E-state index is 12.5. The molecule has 3 N–H and O–H groups in total. The van der Waals surface area contributed by atoms with Crippen LogP contribution in [-0.2, 0) is 12.7 Å². The number of benzene rings is 1. The minimum absolute atomic E-state index is 0.0758. The Labute approximate surface area is 167 Å². The van der Waals surface area contributed by atoms with Crippen molar-refractivity contribution in [3.05, 3.63) is 48.3 Å². The summed E-state index contributed by atoms with van der Waals surface area (Å²) in [5.74, 6) is 0.825. The first-order valence-corrected chi connectivity index (χ1v) is 9.36. The van der Waals surface area contributed by atoms with Gasteiger partial charge in [-0.3, -0.25) is 9.67 Å². The predicted octanol–water partition coefficient (Wildman–Crippen LogP) is 2.29. The normalized spacial score (nSPS) is 13.2. The van der Waals surface area contributed by atoms with E-state index in [-0.39, 0.29) is 18.9 Å². The van der Waals surface area contributed by atoms with Crippen LogP contribution < -0.4 is 15.4 Å². The van der Waals surface area contributed by atoms with Gasteiger partial charge in [-0.05, 0) is 43.7 Å². The summed E-state index contributed by atoms with van der Waals surface area (Å²) in [5.41, 5.74) is -0.746. The fourth-order valence-corrected chi connectivity index (χ4v) is 2.40. The van der Waals surface area contributed by atoms with Crippen molar-refractivity contribution in [1.82, 2.24) is 20.4 Å². The number of aryl methyl sites for hydroxylation is 1. The van der Waals surface area contributed by atoms with Gasteiger partial charge >= 0.3 is 6.18 Å². The highest BCUT2D eigenvalue weighted by Crippen LogP contribution is 2.30. The Hall–Kier alpha value is -2.75. The number of aliphatic imine (C=N–C) groups is 1. The number of hydrogen-bond acceptors (Lipinski definition) is 4. The molecule has 0 amide bonds. The molecule has 0 bridgehead atoms. The van der Waals surface area contributed by atoms with E-state index in [4.69, 9.17) is 4.74 Å². The lowest BCUT2D eigenvalue weighted by Gasteiger charge is -2.14. The first-order chi connectivity index (χ1) is 13.9. The van der Waals surface area contributed by atoms with Crippen molar-refractivity contribution in [2.24, 2.45) is 4.99 Å². The van der Waals surface area contributed by atoms with E-state index in [0.717, 1.165) is 25.1 Å². The Morgan fingerprint density at radius 3 is 2.66 bits per heavy atom. The standard InChI is InChI=1S/C19H26F3N5O2/c1-2-23-18(24-9-3-11-27-12-4-10-26-27)25-13-16(28)14-29-17-7-5-15(6-8-17)19(20,21)22/h4-8,10,12,16,28H,2-3,9,11,13-14H2,1H3,(H2,23,24,25). The SMILES string of the molecule is CCNC(=NCC(O)COc1ccc(C(F)(F)F)cc1)NCCCn1cccn1. The lowest BCUT2D eigenvalue weighted by molar-refractivity contribution is -0.137. The number of aliphatic hydroxyl groups excluding tert-OH is 1. The Kier molecular flexibility index (Phi) is 8.78. The molecule has 160 valence electrons. The quantitative estimate of drug-likeness (QED) is 0.316. The van der Waals surface area contributed by atoms with Crippen LogP contribution in [0.15, 0.2) is 47.7 Å². The first-order valence-electron chi connectivity index (χ1n) is 9.36. The van der Waals surface area contributed by atoms with E-state index in [0.29, 0.717) is 19.0 Å². The molecular weight excluding hydrogens is 387 g/mol. The third kappa shape index (κ3) is 8.43. The van der Waals surface area contributed by atoms with Crippen LogP contribution in [0.25, 0.3) is 0 Å². The molecule has 10 heteroatoms. The number of hydrogen-bond donors (Lipinski definition) is 3. The summed E-state index contributed by atoms with van der Waals surface area (Å²) in [7, 11) is 0. The maximum atomic E-state index is 12.5. The van der Waals surface area contributed by atoms with Gasteiger partial charge in [-0.1, -0.05) is 0 Å². The smallest absolute Gasteiger partial charge is 0.416 e. The highest BCUT2D eigenvalue weighted by molar-refractivity contribution is 5.79. The second kappa shape index (κ2) is 11.3. The highest BCUT2D eigenvalue weighted by atomic mass is 19.4. The summed E-state index contributed by atoms with van der Waals surface area (Å²) in [4.78, 5) is 4.30. The Morgan fingerprint density at radius 1 is 1.28 bits per heavy atom. The van der Waals surface area contributed by atoms with Crippen molar-refractivity contribution in [3.8, 4) is 5.75 Å². The minimum atomic E-state index is -4.39. The molecule has 0 saturated heterocycles. The molecular formula is C19H26F3N5O2. The highest BCUT2D eigenvalue weighted by Gasteiger charge is 2.30. The summed E-state index contributed by atoms with van der Waals surface area (Å²) in [6, 6.07) is 6.20. The molecule has 2 rings (SSSR count). The Balaban J connectivity index is 1.73. The number of nitrogens with zero attached hydrogens (tertiary/aromatic N) is 3. The molecule has 0 aliphatic carbocycles. The molecule has 1 unspecified atom stereocenters. The zero-order valence-corrected chi connectivity index (χ0v) is 16.2. The van der Waals surface area contributed by atoms with Crippen LogP contribution in [0.2, 0.25) is 0 Å². The average Bonchev–Trinajstić information content (AvgIpc) is 3.21. The fourth-order valence-electron chi connectivity index (χ4n) is 2.40. The van der Waals surface area contributed by atoms with Crippen molar-refractivity contribution in [2.45, 2.75) is 32.2 Å². The van der Waals surface area contributed by atoms with Gasteiger partial charge in [0.25, 0.3) is 0 Å². The van der Waals surface area contributed by atoms with E-state index in [1.807, 2.05) is 23.9 Å². The maximum Gasteiger partial charge on any atom is 0.416 e. The molecule has 0 saturated carbocycles. The molecule has 0 fully saturated rings. The van der Waals surface area contributed by atoms with Crippen molar-refractivity contribution in [3.63, 3.8) is 0 Å². The predicted molar refractivity (Wildman–Crippen MR) is 104 cm³/mol. The number of aromatic nitrogens is 2. The lowest BCUT2D eigenvalue weighted by Crippen LogP contribution is -2.39. The molecule has 29 heavy (non-hydrogen) atoms. The molecule has 0 spiro atoms. The van der Waals surface area contributed by atoms with E-state index in [9.17, 15) is 18.3 Å². The number of alkyl halides is 3. The van der Waals surface area contributed by atoms with Gasteiger partial charge in [0.15, 0.2) is 5.96 Å². The second-order valence-corrected chi connectivity index (χ2v) is 6.26. The summed E-state index contributed by atoms with van der Waals surface area (Å²) < 4.78 is 44.8. The largest absolute Gasteiger partial charge is 0.491 e. The summed E-state index contributed by atoms with van der Waals surface area (Å²) in [6.07, 6.45) is -0.803. The molecule has 1 aromatic carbocycles. The summed E-state index contributed by atoms with van der Waals surface area (Å²) in [5, 5.41) is 20.4. The topological polar surface area (TPSA) is 83.7 Å². The molecule has 2 aromatic rings. The van der Waals surface area contributed by atoms with E-state index in [1.165, 1.54) is 12.1 Å². The van der Waals surface area contributed by atoms with Crippen LogP contribution in [0.1, 0.15) is 18.9 Å². The molecule has 0 aliphatic rings. The third-order valence-electron chi connectivity index (χ3n) is 3.84. The van der Waals surface area contributed by atoms with E-state index >= 15 is 0 Å². The van der Waals surface area contributed by atoms with Gasteiger partial charge in [0, 0.05) is 32.0 Å². The van der Waals surface area contributed by atoms with Gasteiger partial charge in [-0.15, -0.1) is 0 Å². The minimum Gasteiger partial charge on any atom is -0.491 e. The van der Waals surface area contributed by atoms with Crippen LogP contribution in [0.4, 0.5) is 13.2 Å². The van der Waals surface area contributed by atoms with E-state index in [1.54, 1.807) is 6.20 Å². The molecule has 0 aliphatic heterocycles. The van der Waals surface area contributed by atoms with Crippen molar-refractivity contribution < 1.29 is 23.0 Å². The Bertz CT molecular complexity index is 733. The zero-order chi connectivity index (χ0) is 21.1. The molecule has 0 radical (unpaired) electrons. The fraction of sp³-hybridized carbons (Fsp3) is 0.474. The molecule has 1 atom stereocenters. The number of rotatable bonds is 10. The van der Waals surface area contributed by atoms with Gasteiger partial charge in [0.05, 0.1) is 12.1 Å². The lowest BCUT2D eigenvalue weighted by atomic mass is 10.2. The Morgan fingerprint density at radius 2 is 2.03 bits per heavy atom. The van der Waals surface area contributed by atoms with Gasteiger partial charge < -0.3 is 20.5 Å². The molecule has 1 aromatic heterocycles. The number of nitrogens with one attached hydrogen (secondary N) is 2. The number of aliphatic hydroxyl groups is 1.